The van der Waals surface area contributed by atoms with Crippen molar-refractivity contribution in [3.63, 3.8) is 0 Å². The lowest BCUT2D eigenvalue weighted by Crippen LogP contribution is -2.03. The van der Waals surface area contributed by atoms with Crippen molar-refractivity contribution in [3.05, 3.63) is 65.2 Å². The van der Waals surface area contributed by atoms with E-state index in [2.05, 4.69) is 0 Å². The van der Waals surface area contributed by atoms with Crippen molar-refractivity contribution in [2.45, 2.75) is 13.3 Å². The number of Topliss-reactive ketones (excluding diaryl/α,β-unsaturated/α-hetero) is 1. The van der Waals surface area contributed by atoms with Crippen LogP contribution in [0.3, 0.4) is 0 Å². The predicted molar refractivity (Wildman–Crippen MR) is 78.8 cm³/mol. The first-order valence-electron chi connectivity index (χ1n) is 6.44. The molecule has 0 aliphatic rings. The molecule has 0 aliphatic heterocycles. The maximum Gasteiger partial charge on any atom is 0.192 e. The summed E-state index contributed by atoms with van der Waals surface area (Å²) in [6.07, 6.45) is 2.34. The van der Waals surface area contributed by atoms with Gasteiger partial charge in [-0.05, 0) is 42.3 Å². The van der Waals surface area contributed by atoms with Gasteiger partial charge in [-0.3, -0.25) is 4.79 Å². The van der Waals surface area contributed by atoms with E-state index >= 15 is 0 Å². The normalized spacial score (nSPS) is 11.3. The molecule has 2 aromatic rings. The van der Waals surface area contributed by atoms with E-state index in [-0.39, 0.29) is 17.3 Å². The van der Waals surface area contributed by atoms with Crippen LogP contribution in [0.1, 0.15) is 29.3 Å². The van der Waals surface area contributed by atoms with Gasteiger partial charge in [-0.2, -0.15) is 0 Å². The van der Waals surface area contributed by atoms with Crippen LogP contribution in [0.5, 0.6) is 11.5 Å². The molecular formula is C17H16O3. The number of benzene rings is 2. The summed E-state index contributed by atoms with van der Waals surface area (Å²) >= 11 is 0. The monoisotopic (exact) mass is 268 g/mol. The molecule has 0 heterocycles. The Bertz CT molecular complexity index is 640. The smallest absolute Gasteiger partial charge is 0.192 e. The highest BCUT2D eigenvalue weighted by Gasteiger charge is 2.14. The molecule has 0 saturated heterocycles. The summed E-state index contributed by atoms with van der Waals surface area (Å²) in [5.74, 6) is -0.00606. The lowest BCUT2D eigenvalue weighted by Gasteiger charge is -2.06. The lowest BCUT2D eigenvalue weighted by atomic mass is 9.98. The van der Waals surface area contributed by atoms with Crippen LogP contribution in [0, 0.1) is 0 Å². The Morgan fingerprint density at radius 3 is 2.30 bits per heavy atom. The van der Waals surface area contributed by atoms with Crippen molar-refractivity contribution in [2.75, 3.05) is 0 Å². The number of hydrogen-bond donors (Lipinski definition) is 2. The van der Waals surface area contributed by atoms with E-state index < -0.39 is 0 Å². The van der Waals surface area contributed by atoms with Crippen LogP contribution in [0.15, 0.2) is 54.1 Å². The van der Waals surface area contributed by atoms with Crippen molar-refractivity contribution >= 4 is 11.9 Å². The van der Waals surface area contributed by atoms with Gasteiger partial charge in [0.2, 0.25) is 0 Å². The quantitative estimate of drug-likeness (QED) is 0.655. The second-order valence-electron chi connectivity index (χ2n) is 4.46. The number of para-hydroxylation sites is 1. The second-order valence-corrected chi connectivity index (χ2v) is 4.46. The summed E-state index contributed by atoms with van der Waals surface area (Å²) in [5, 5.41) is 19.0. The average Bonchev–Trinajstić information content (AvgIpc) is 2.46. The average molecular weight is 268 g/mol. The molecule has 0 unspecified atom stereocenters. The zero-order valence-electron chi connectivity index (χ0n) is 11.2. The standard InChI is InChI=1S/C17H16O3/c1-2-13(11-12-7-9-14(18)10-8-12)17(20)15-5-3-4-6-16(15)19/h3-11,18-19H,2H2,1H3/b13-11+. The molecule has 0 aromatic heterocycles. The summed E-state index contributed by atoms with van der Waals surface area (Å²) in [7, 11) is 0. The summed E-state index contributed by atoms with van der Waals surface area (Å²) in [4.78, 5) is 12.4. The van der Waals surface area contributed by atoms with Gasteiger partial charge < -0.3 is 10.2 Å². The van der Waals surface area contributed by atoms with Crippen LogP contribution < -0.4 is 0 Å². The second kappa shape index (κ2) is 6.06. The van der Waals surface area contributed by atoms with E-state index in [9.17, 15) is 15.0 Å². The van der Waals surface area contributed by atoms with Crippen LogP contribution in [0.25, 0.3) is 6.08 Å². The number of phenols is 2. The minimum absolute atomic E-state index is 0.0115. The van der Waals surface area contributed by atoms with E-state index in [0.717, 1.165) is 5.56 Å². The zero-order valence-corrected chi connectivity index (χ0v) is 11.2. The van der Waals surface area contributed by atoms with Crippen molar-refractivity contribution in [3.8, 4) is 11.5 Å². The number of ketones is 1. The van der Waals surface area contributed by atoms with E-state index in [1.54, 1.807) is 48.5 Å². The highest BCUT2D eigenvalue weighted by molar-refractivity contribution is 6.12. The molecule has 0 amide bonds. The molecular weight excluding hydrogens is 252 g/mol. The summed E-state index contributed by atoms with van der Waals surface area (Å²) in [5.41, 5.74) is 1.75. The molecule has 0 radical (unpaired) electrons. The van der Waals surface area contributed by atoms with Crippen LogP contribution >= 0.6 is 0 Å². The number of carbonyl (C=O) groups excluding carboxylic acids is 1. The van der Waals surface area contributed by atoms with Crippen molar-refractivity contribution in [1.29, 1.82) is 0 Å². The number of rotatable bonds is 4. The Kier molecular flexibility index (Phi) is 4.20. The van der Waals surface area contributed by atoms with Crippen molar-refractivity contribution in [2.24, 2.45) is 0 Å². The van der Waals surface area contributed by atoms with Gasteiger partial charge in [0.25, 0.3) is 0 Å². The van der Waals surface area contributed by atoms with Gasteiger partial charge in [0.15, 0.2) is 5.78 Å². The van der Waals surface area contributed by atoms with Crippen molar-refractivity contribution < 1.29 is 15.0 Å². The fraction of sp³-hybridized carbons (Fsp3) is 0.118. The van der Waals surface area contributed by atoms with Gasteiger partial charge in [0.05, 0.1) is 5.56 Å². The third-order valence-electron chi connectivity index (χ3n) is 3.06. The number of allylic oxidation sites excluding steroid dienone is 1. The van der Waals surface area contributed by atoms with Crippen LogP contribution in [0.2, 0.25) is 0 Å². The summed E-state index contributed by atoms with van der Waals surface area (Å²) in [6.45, 7) is 1.89. The van der Waals surface area contributed by atoms with Crippen LogP contribution in [-0.2, 0) is 0 Å². The Labute approximate surface area is 117 Å². The van der Waals surface area contributed by atoms with E-state index in [4.69, 9.17) is 0 Å². The number of hydrogen-bond acceptors (Lipinski definition) is 3. The lowest BCUT2D eigenvalue weighted by molar-refractivity contribution is 0.103. The van der Waals surface area contributed by atoms with Gasteiger partial charge >= 0.3 is 0 Å². The minimum Gasteiger partial charge on any atom is -0.508 e. The van der Waals surface area contributed by atoms with E-state index in [1.165, 1.54) is 6.07 Å². The van der Waals surface area contributed by atoms with E-state index in [0.29, 0.717) is 17.6 Å². The van der Waals surface area contributed by atoms with E-state index in [1.807, 2.05) is 6.92 Å². The molecule has 0 spiro atoms. The minimum atomic E-state index is -0.182. The maximum absolute atomic E-state index is 12.4. The van der Waals surface area contributed by atoms with Gasteiger partial charge in [0, 0.05) is 5.57 Å². The summed E-state index contributed by atoms with van der Waals surface area (Å²) < 4.78 is 0. The fourth-order valence-corrected chi connectivity index (χ4v) is 1.94. The predicted octanol–water partition coefficient (Wildman–Crippen LogP) is 3.77. The SMILES string of the molecule is CC/C(=C\c1ccc(O)cc1)C(=O)c1ccccc1O. The first kappa shape index (κ1) is 13.9. The number of phenolic OH excluding ortho intramolecular Hbond substituents is 2. The Morgan fingerprint density at radius 2 is 1.70 bits per heavy atom. The molecule has 0 atom stereocenters. The third kappa shape index (κ3) is 3.06. The molecule has 3 heteroatoms. The molecule has 0 bridgehead atoms. The molecule has 20 heavy (non-hydrogen) atoms. The molecule has 102 valence electrons. The van der Waals surface area contributed by atoms with Gasteiger partial charge in [0.1, 0.15) is 11.5 Å². The maximum atomic E-state index is 12.4. The molecule has 2 rings (SSSR count). The van der Waals surface area contributed by atoms with Gasteiger partial charge in [-0.1, -0.05) is 31.2 Å². The van der Waals surface area contributed by atoms with Crippen LogP contribution in [0.4, 0.5) is 0 Å². The number of aromatic hydroxyl groups is 2. The zero-order chi connectivity index (χ0) is 14.5. The first-order valence-corrected chi connectivity index (χ1v) is 6.44. The Hall–Kier alpha value is -2.55. The fourth-order valence-electron chi connectivity index (χ4n) is 1.94. The molecule has 0 saturated carbocycles. The molecule has 0 aliphatic carbocycles. The number of carbonyl (C=O) groups is 1. The first-order chi connectivity index (χ1) is 9.61. The highest BCUT2D eigenvalue weighted by atomic mass is 16.3. The summed E-state index contributed by atoms with van der Waals surface area (Å²) in [6, 6.07) is 13.1. The largest absolute Gasteiger partial charge is 0.508 e. The molecule has 2 aromatic carbocycles. The van der Waals surface area contributed by atoms with Crippen LogP contribution in [-0.4, -0.2) is 16.0 Å². The topological polar surface area (TPSA) is 57.5 Å². The highest BCUT2D eigenvalue weighted by Crippen LogP contribution is 2.22. The molecule has 2 N–H and O–H groups in total. The third-order valence-corrected chi connectivity index (χ3v) is 3.06. The van der Waals surface area contributed by atoms with Gasteiger partial charge in [-0.15, -0.1) is 0 Å². The van der Waals surface area contributed by atoms with Crippen molar-refractivity contribution in [1.82, 2.24) is 0 Å². The molecule has 3 nitrogen and oxygen atoms in total. The Morgan fingerprint density at radius 1 is 1.05 bits per heavy atom. The molecule has 0 fully saturated rings. The Balaban J connectivity index is 2.35. The van der Waals surface area contributed by atoms with Gasteiger partial charge in [-0.25, -0.2) is 0 Å².